The first-order valence-corrected chi connectivity index (χ1v) is 8.42. The second kappa shape index (κ2) is 5.98. The van der Waals surface area contributed by atoms with Gasteiger partial charge in [0, 0.05) is 29.0 Å². The van der Waals surface area contributed by atoms with Crippen LogP contribution in [-0.4, -0.2) is 49.9 Å². The summed E-state index contributed by atoms with van der Waals surface area (Å²) in [4.78, 5) is 30.2. The average molecular weight is 334 g/mol. The van der Waals surface area contributed by atoms with Gasteiger partial charge in [0.1, 0.15) is 5.70 Å². The lowest BCUT2D eigenvalue weighted by Gasteiger charge is -2.46. The van der Waals surface area contributed by atoms with Gasteiger partial charge in [0.05, 0.1) is 18.1 Å². The summed E-state index contributed by atoms with van der Waals surface area (Å²) >= 11 is 1.52. The summed E-state index contributed by atoms with van der Waals surface area (Å²) in [5.41, 5.74) is 0.840. The van der Waals surface area contributed by atoms with Gasteiger partial charge in [-0.3, -0.25) is 9.78 Å². The number of aliphatic hydroxyl groups excluding tert-OH is 1. The van der Waals surface area contributed by atoms with Gasteiger partial charge in [-0.1, -0.05) is 6.92 Å². The van der Waals surface area contributed by atoms with E-state index in [1.54, 1.807) is 19.3 Å². The highest BCUT2D eigenvalue weighted by Gasteiger charge is 2.59. The van der Waals surface area contributed by atoms with E-state index in [0.29, 0.717) is 5.75 Å². The molecule has 6 nitrogen and oxygen atoms in total. The van der Waals surface area contributed by atoms with E-state index >= 15 is 0 Å². The number of hydrogen-bond acceptors (Lipinski definition) is 5. The molecule has 2 aliphatic rings. The van der Waals surface area contributed by atoms with Crippen molar-refractivity contribution < 1.29 is 19.8 Å². The smallest absolute Gasteiger partial charge is 0.352 e. The van der Waals surface area contributed by atoms with Crippen LogP contribution in [0.4, 0.5) is 0 Å². The van der Waals surface area contributed by atoms with E-state index < -0.39 is 18.0 Å². The molecular weight excluding hydrogens is 316 g/mol. The van der Waals surface area contributed by atoms with Gasteiger partial charge in [0.2, 0.25) is 5.91 Å². The Hall–Kier alpha value is -1.86. The molecule has 2 N–H and O–H groups in total. The van der Waals surface area contributed by atoms with Crippen molar-refractivity contribution in [2.24, 2.45) is 11.8 Å². The molecule has 0 bridgehead atoms. The molecule has 0 aliphatic carbocycles. The van der Waals surface area contributed by atoms with Crippen molar-refractivity contribution in [3.8, 4) is 0 Å². The predicted octanol–water partition coefficient (Wildman–Crippen LogP) is 1.37. The number of pyridine rings is 1. The van der Waals surface area contributed by atoms with E-state index in [9.17, 15) is 19.8 Å². The average Bonchev–Trinajstić information content (AvgIpc) is 2.75. The number of fused-ring (bicyclic) bond motifs is 1. The highest BCUT2D eigenvalue weighted by molar-refractivity contribution is 7.99. The molecule has 1 aromatic heterocycles. The molecule has 0 spiro atoms. The molecule has 122 valence electrons. The van der Waals surface area contributed by atoms with Crippen molar-refractivity contribution >= 4 is 23.6 Å². The SMILES string of the molecule is C[C@@H](O)[C@H]1C(=O)N2C(C(=O)O)=C(CSc3ccncc3)[C@H](C)[C@H]12. The molecule has 23 heavy (non-hydrogen) atoms. The van der Waals surface area contributed by atoms with Crippen molar-refractivity contribution in [1.82, 2.24) is 9.88 Å². The Balaban J connectivity index is 1.86. The largest absolute Gasteiger partial charge is 0.477 e. The number of rotatable bonds is 5. The molecule has 0 radical (unpaired) electrons. The third-order valence-electron chi connectivity index (χ3n) is 4.56. The maximum atomic E-state index is 12.2. The van der Waals surface area contributed by atoms with Crippen LogP contribution in [0.2, 0.25) is 0 Å². The topological polar surface area (TPSA) is 90.7 Å². The number of thioether (sulfide) groups is 1. The number of carboxylic acid groups (broad SMARTS) is 1. The highest BCUT2D eigenvalue weighted by Crippen LogP contribution is 2.48. The third-order valence-corrected chi connectivity index (χ3v) is 5.62. The first kappa shape index (κ1) is 16.0. The van der Waals surface area contributed by atoms with Gasteiger partial charge in [-0.25, -0.2) is 4.79 Å². The number of aliphatic hydroxyl groups is 1. The van der Waals surface area contributed by atoms with Gasteiger partial charge in [-0.15, -0.1) is 11.8 Å². The lowest BCUT2D eigenvalue weighted by Crippen LogP contribution is -2.63. The standard InChI is InChI=1S/C16H18N2O4S/c1-8-11(7-23-10-3-5-17-6-4-10)14(16(21)22)18-13(8)12(9(2)19)15(18)20/h3-6,8-9,12-13,19H,7H2,1-2H3,(H,21,22)/t8-,9+,12+,13+/m0/s1. The van der Waals surface area contributed by atoms with Gasteiger partial charge in [0.15, 0.2) is 0 Å². The fourth-order valence-electron chi connectivity index (χ4n) is 3.43. The molecule has 3 heterocycles. The quantitative estimate of drug-likeness (QED) is 0.624. The zero-order chi connectivity index (χ0) is 16.7. The summed E-state index contributed by atoms with van der Waals surface area (Å²) in [6.07, 6.45) is 2.61. The van der Waals surface area contributed by atoms with Crippen LogP contribution in [0, 0.1) is 11.8 Å². The molecule has 1 fully saturated rings. The van der Waals surface area contributed by atoms with Gasteiger partial charge in [-0.2, -0.15) is 0 Å². The molecule has 1 amide bonds. The van der Waals surface area contributed by atoms with E-state index in [2.05, 4.69) is 4.98 Å². The van der Waals surface area contributed by atoms with Gasteiger partial charge >= 0.3 is 5.97 Å². The number of carbonyl (C=O) groups excluding carboxylic acids is 1. The normalized spacial score (nSPS) is 27.7. The first-order valence-electron chi connectivity index (χ1n) is 7.43. The van der Waals surface area contributed by atoms with Gasteiger partial charge in [-0.05, 0) is 24.6 Å². The van der Waals surface area contributed by atoms with Crippen LogP contribution in [0.15, 0.2) is 40.7 Å². The summed E-state index contributed by atoms with van der Waals surface area (Å²) in [7, 11) is 0. The Morgan fingerprint density at radius 3 is 2.65 bits per heavy atom. The Bertz CT molecular complexity index is 674. The third kappa shape index (κ3) is 2.53. The number of carbonyl (C=O) groups is 2. The molecule has 2 aliphatic heterocycles. The number of aromatic nitrogens is 1. The van der Waals surface area contributed by atoms with Crippen LogP contribution in [0.1, 0.15) is 13.8 Å². The minimum Gasteiger partial charge on any atom is -0.477 e. The number of nitrogens with zero attached hydrogens (tertiary/aromatic N) is 2. The van der Waals surface area contributed by atoms with Gasteiger partial charge in [0.25, 0.3) is 0 Å². The van der Waals surface area contributed by atoms with Crippen LogP contribution in [0.3, 0.4) is 0 Å². The Morgan fingerprint density at radius 2 is 2.09 bits per heavy atom. The molecule has 0 saturated carbocycles. The van der Waals surface area contributed by atoms with E-state index in [-0.39, 0.29) is 23.6 Å². The fraction of sp³-hybridized carbons (Fsp3) is 0.438. The minimum atomic E-state index is -1.08. The van der Waals surface area contributed by atoms with Gasteiger partial charge < -0.3 is 15.1 Å². The van der Waals surface area contributed by atoms with Crippen LogP contribution < -0.4 is 0 Å². The molecule has 4 atom stereocenters. The van der Waals surface area contributed by atoms with E-state index in [1.165, 1.54) is 16.7 Å². The summed E-state index contributed by atoms with van der Waals surface area (Å²) in [5, 5.41) is 19.3. The Kier molecular flexibility index (Phi) is 4.16. The number of hydrogen-bond donors (Lipinski definition) is 2. The summed E-state index contributed by atoms with van der Waals surface area (Å²) in [6.45, 7) is 3.51. The summed E-state index contributed by atoms with van der Waals surface area (Å²) < 4.78 is 0. The van der Waals surface area contributed by atoms with Crippen molar-refractivity contribution in [3.05, 3.63) is 35.8 Å². The predicted molar refractivity (Wildman–Crippen MR) is 84.6 cm³/mol. The van der Waals surface area contributed by atoms with E-state index in [0.717, 1.165) is 10.5 Å². The number of aliphatic carboxylic acids is 1. The molecule has 7 heteroatoms. The summed E-state index contributed by atoms with van der Waals surface area (Å²) in [5.74, 6) is -1.46. The first-order chi connectivity index (χ1) is 10.9. The Morgan fingerprint density at radius 1 is 1.43 bits per heavy atom. The summed E-state index contributed by atoms with van der Waals surface area (Å²) in [6, 6.07) is 3.48. The maximum Gasteiger partial charge on any atom is 0.352 e. The zero-order valence-electron chi connectivity index (χ0n) is 12.8. The molecule has 0 aromatic carbocycles. The minimum absolute atomic E-state index is 0.0762. The van der Waals surface area contributed by atoms with Crippen LogP contribution in [-0.2, 0) is 9.59 Å². The second-order valence-corrected chi connectivity index (χ2v) is 6.95. The molecule has 0 unspecified atom stereocenters. The molecule has 1 aromatic rings. The van der Waals surface area contributed by atoms with Crippen molar-refractivity contribution in [2.75, 3.05) is 5.75 Å². The van der Waals surface area contributed by atoms with Crippen LogP contribution >= 0.6 is 11.8 Å². The van der Waals surface area contributed by atoms with Crippen molar-refractivity contribution in [3.63, 3.8) is 0 Å². The highest BCUT2D eigenvalue weighted by atomic mass is 32.2. The lowest BCUT2D eigenvalue weighted by atomic mass is 9.78. The van der Waals surface area contributed by atoms with Crippen LogP contribution in [0.5, 0.6) is 0 Å². The number of amides is 1. The number of β-lactam (4-membered cyclic amide) rings is 1. The van der Waals surface area contributed by atoms with E-state index in [1.807, 2.05) is 19.1 Å². The maximum absolute atomic E-state index is 12.2. The van der Waals surface area contributed by atoms with Crippen molar-refractivity contribution in [1.29, 1.82) is 0 Å². The number of carboxylic acids is 1. The van der Waals surface area contributed by atoms with E-state index in [4.69, 9.17) is 0 Å². The monoisotopic (exact) mass is 334 g/mol. The van der Waals surface area contributed by atoms with Crippen LogP contribution in [0.25, 0.3) is 0 Å². The van der Waals surface area contributed by atoms with Crippen molar-refractivity contribution in [2.45, 2.75) is 30.9 Å². The fourth-order valence-corrected chi connectivity index (χ4v) is 4.47. The molecular formula is C16H18N2O4S. The second-order valence-electron chi connectivity index (χ2n) is 5.90. The molecule has 1 saturated heterocycles. The Labute approximate surface area is 138 Å². The molecule has 3 rings (SSSR count). The lowest BCUT2D eigenvalue weighted by molar-refractivity contribution is -0.163. The zero-order valence-corrected chi connectivity index (χ0v) is 13.7.